The van der Waals surface area contributed by atoms with E-state index < -0.39 is 0 Å². The molecule has 1 aromatic rings. The van der Waals surface area contributed by atoms with Gasteiger partial charge in [-0.1, -0.05) is 13.8 Å². The van der Waals surface area contributed by atoms with Gasteiger partial charge >= 0.3 is 0 Å². The average Bonchev–Trinajstić information content (AvgIpc) is 2.30. The third-order valence-corrected chi connectivity index (χ3v) is 2.73. The second-order valence-electron chi connectivity index (χ2n) is 5.14. The van der Waals surface area contributed by atoms with Crippen molar-refractivity contribution >= 4 is 5.69 Å². The standard InChI is InChI=1S/C15H25NO2/c1-11(2)15(10-17-5)16-13-6-8-14(9-7-13)18-12(3)4/h6-9,11-12,15-16H,10H2,1-5H3. The monoisotopic (exact) mass is 251 g/mol. The molecule has 1 atom stereocenters. The lowest BCUT2D eigenvalue weighted by Crippen LogP contribution is -2.30. The Hall–Kier alpha value is -1.22. The molecule has 1 aromatic carbocycles. The Bertz CT molecular complexity index is 333. The molecule has 0 radical (unpaired) electrons. The summed E-state index contributed by atoms with van der Waals surface area (Å²) in [6, 6.07) is 8.40. The van der Waals surface area contributed by atoms with Crippen molar-refractivity contribution in [3.05, 3.63) is 24.3 Å². The number of benzene rings is 1. The first-order valence-corrected chi connectivity index (χ1v) is 6.55. The summed E-state index contributed by atoms with van der Waals surface area (Å²) in [6.07, 6.45) is 0.209. The van der Waals surface area contributed by atoms with Gasteiger partial charge in [-0.15, -0.1) is 0 Å². The van der Waals surface area contributed by atoms with Crippen LogP contribution in [0.15, 0.2) is 24.3 Å². The second kappa shape index (κ2) is 7.27. The van der Waals surface area contributed by atoms with Gasteiger partial charge in [-0.25, -0.2) is 0 Å². The summed E-state index contributed by atoms with van der Waals surface area (Å²) in [6.45, 7) is 9.14. The molecule has 3 nitrogen and oxygen atoms in total. The maximum Gasteiger partial charge on any atom is 0.119 e. The Kier molecular flexibility index (Phi) is 5.99. The van der Waals surface area contributed by atoms with Crippen LogP contribution in [0.3, 0.4) is 0 Å². The second-order valence-corrected chi connectivity index (χ2v) is 5.14. The Morgan fingerprint density at radius 1 is 1.06 bits per heavy atom. The molecule has 0 fully saturated rings. The zero-order valence-electron chi connectivity index (χ0n) is 12.1. The fourth-order valence-corrected chi connectivity index (χ4v) is 1.70. The highest BCUT2D eigenvalue weighted by Gasteiger charge is 2.12. The van der Waals surface area contributed by atoms with Crippen LogP contribution in [-0.2, 0) is 4.74 Å². The molecule has 0 aliphatic heterocycles. The largest absolute Gasteiger partial charge is 0.491 e. The van der Waals surface area contributed by atoms with Gasteiger partial charge in [-0.3, -0.25) is 0 Å². The Morgan fingerprint density at radius 3 is 2.11 bits per heavy atom. The van der Waals surface area contributed by atoms with E-state index in [9.17, 15) is 0 Å². The molecule has 0 bridgehead atoms. The summed E-state index contributed by atoms with van der Waals surface area (Å²) in [4.78, 5) is 0. The molecule has 18 heavy (non-hydrogen) atoms. The maximum atomic E-state index is 5.62. The van der Waals surface area contributed by atoms with E-state index in [0.717, 1.165) is 11.4 Å². The molecule has 102 valence electrons. The lowest BCUT2D eigenvalue weighted by atomic mass is 10.1. The third-order valence-electron chi connectivity index (χ3n) is 2.73. The van der Waals surface area contributed by atoms with Crippen molar-refractivity contribution in [2.75, 3.05) is 19.0 Å². The van der Waals surface area contributed by atoms with E-state index in [0.29, 0.717) is 18.6 Å². The molecule has 0 spiro atoms. The SMILES string of the molecule is COCC(Nc1ccc(OC(C)C)cc1)C(C)C. The van der Waals surface area contributed by atoms with Crippen LogP contribution in [0.2, 0.25) is 0 Å². The molecule has 1 N–H and O–H groups in total. The van der Waals surface area contributed by atoms with Gasteiger partial charge in [0.1, 0.15) is 5.75 Å². The highest BCUT2D eigenvalue weighted by molar-refractivity contribution is 5.47. The van der Waals surface area contributed by atoms with E-state index in [1.807, 2.05) is 38.1 Å². The van der Waals surface area contributed by atoms with Gasteiger partial charge in [0.05, 0.1) is 18.8 Å². The van der Waals surface area contributed by atoms with Crippen LogP contribution in [0.25, 0.3) is 0 Å². The third kappa shape index (κ3) is 4.96. The van der Waals surface area contributed by atoms with Crippen molar-refractivity contribution in [2.45, 2.75) is 39.8 Å². The van der Waals surface area contributed by atoms with Crippen molar-refractivity contribution < 1.29 is 9.47 Å². The number of rotatable bonds is 7. The number of nitrogens with one attached hydrogen (secondary N) is 1. The van der Waals surface area contributed by atoms with Gasteiger partial charge in [0.2, 0.25) is 0 Å². The quantitative estimate of drug-likeness (QED) is 0.803. The molecule has 3 heteroatoms. The predicted molar refractivity (Wildman–Crippen MR) is 76.3 cm³/mol. The molecule has 0 amide bonds. The van der Waals surface area contributed by atoms with Crippen molar-refractivity contribution in [1.29, 1.82) is 0 Å². The van der Waals surface area contributed by atoms with E-state index in [4.69, 9.17) is 9.47 Å². The highest BCUT2D eigenvalue weighted by atomic mass is 16.5. The Morgan fingerprint density at radius 2 is 1.67 bits per heavy atom. The van der Waals surface area contributed by atoms with Crippen molar-refractivity contribution in [1.82, 2.24) is 0 Å². The van der Waals surface area contributed by atoms with Crippen molar-refractivity contribution in [3.8, 4) is 5.75 Å². The van der Waals surface area contributed by atoms with Gasteiger partial charge in [0.15, 0.2) is 0 Å². The van der Waals surface area contributed by atoms with Crippen LogP contribution in [0, 0.1) is 5.92 Å². The summed E-state index contributed by atoms with van der Waals surface area (Å²) >= 11 is 0. The van der Waals surface area contributed by atoms with E-state index in [1.54, 1.807) is 7.11 Å². The summed E-state index contributed by atoms with van der Waals surface area (Å²) < 4.78 is 10.8. The van der Waals surface area contributed by atoms with Crippen molar-refractivity contribution in [3.63, 3.8) is 0 Å². The minimum atomic E-state index is 0.209. The number of hydrogen-bond acceptors (Lipinski definition) is 3. The van der Waals surface area contributed by atoms with Crippen LogP contribution >= 0.6 is 0 Å². The first-order chi connectivity index (χ1) is 8.52. The normalized spacial score (nSPS) is 12.8. The number of methoxy groups -OCH3 is 1. The fraction of sp³-hybridized carbons (Fsp3) is 0.600. The van der Waals surface area contributed by atoms with Gasteiger partial charge in [-0.2, -0.15) is 0 Å². The van der Waals surface area contributed by atoms with E-state index in [2.05, 4.69) is 19.2 Å². The van der Waals surface area contributed by atoms with E-state index in [1.165, 1.54) is 0 Å². The molecule has 0 aliphatic rings. The van der Waals surface area contributed by atoms with Gasteiger partial charge in [0.25, 0.3) is 0 Å². The van der Waals surface area contributed by atoms with Gasteiger partial charge < -0.3 is 14.8 Å². The Labute approximate surface area is 110 Å². The molecular weight excluding hydrogens is 226 g/mol. The van der Waals surface area contributed by atoms with Crippen LogP contribution in [0.1, 0.15) is 27.7 Å². The lowest BCUT2D eigenvalue weighted by molar-refractivity contribution is 0.171. The first kappa shape index (κ1) is 14.8. The minimum absolute atomic E-state index is 0.209. The van der Waals surface area contributed by atoms with Crippen LogP contribution in [0.4, 0.5) is 5.69 Å². The van der Waals surface area contributed by atoms with E-state index >= 15 is 0 Å². The smallest absolute Gasteiger partial charge is 0.119 e. The predicted octanol–water partition coefficient (Wildman–Crippen LogP) is 3.56. The van der Waals surface area contributed by atoms with Gasteiger partial charge in [0, 0.05) is 12.8 Å². The summed E-state index contributed by atoms with van der Waals surface area (Å²) in [5.41, 5.74) is 1.10. The topological polar surface area (TPSA) is 30.5 Å². The fourth-order valence-electron chi connectivity index (χ4n) is 1.70. The number of ether oxygens (including phenoxy) is 2. The molecule has 0 saturated heterocycles. The molecule has 0 aromatic heterocycles. The molecule has 0 heterocycles. The first-order valence-electron chi connectivity index (χ1n) is 6.55. The number of anilines is 1. The molecule has 1 rings (SSSR count). The minimum Gasteiger partial charge on any atom is -0.491 e. The van der Waals surface area contributed by atoms with Gasteiger partial charge in [-0.05, 0) is 44.0 Å². The maximum absolute atomic E-state index is 5.62. The zero-order chi connectivity index (χ0) is 13.5. The van der Waals surface area contributed by atoms with Crippen LogP contribution in [0.5, 0.6) is 5.75 Å². The molecular formula is C15H25NO2. The lowest BCUT2D eigenvalue weighted by Gasteiger charge is -2.23. The summed E-state index contributed by atoms with van der Waals surface area (Å²) in [7, 11) is 1.73. The number of hydrogen-bond donors (Lipinski definition) is 1. The van der Waals surface area contributed by atoms with Crippen LogP contribution < -0.4 is 10.1 Å². The zero-order valence-corrected chi connectivity index (χ0v) is 12.1. The molecule has 0 saturated carbocycles. The van der Waals surface area contributed by atoms with Crippen molar-refractivity contribution in [2.24, 2.45) is 5.92 Å². The van der Waals surface area contributed by atoms with Crippen LogP contribution in [-0.4, -0.2) is 25.9 Å². The summed E-state index contributed by atoms with van der Waals surface area (Å²) in [5, 5.41) is 3.48. The average molecular weight is 251 g/mol. The molecule has 0 aliphatic carbocycles. The Balaban J connectivity index is 2.61. The molecule has 1 unspecified atom stereocenters. The highest BCUT2D eigenvalue weighted by Crippen LogP contribution is 2.19. The van der Waals surface area contributed by atoms with E-state index in [-0.39, 0.29) is 6.10 Å². The summed E-state index contributed by atoms with van der Waals surface area (Å²) in [5.74, 6) is 1.43.